The predicted octanol–water partition coefficient (Wildman–Crippen LogP) is 2.66. The summed E-state index contributed by atoms with van der Waals surface area (Å²) in [4.78, 5) is 30.1. The van der Waals surface area contributed by atoms with Crippen LogP contribution in [0.25, 0.3) is 22.3 Å². The molecule has 1 unspecified atom stereocenters. The van der Waals surface area contributed by atoms with Gasteiger partial charge in [-0.1, -0.05) is 30.3 Å². The quantitative estimate of drug-likeness (QED) is 0.763. The first-order valence-electron chi connectivity index (χ1n) is 8.36. The first kappa shape index (κ1) is 17.6. The van der Waals surface area contributed by atoms with Crippen LogP contribution in [0, 0.1) is 0 Å². The number of aromatic nitrogens is 3. The molecule has 0 radical (unpaired) electrons. The smallest absolute Gasteiger partial charge is 0.326 e. The third kappa shape index (κ3) is 3.03. The lowest BCUT2D eigenvalue weighted by atomic mass is 10.1. The Morgan fingerprint density at radius 3 is 2.58 bits per heavy atom. The van der Waals surface area contributed by atoms with E-state index in [9.17, 15) is 14.7 Å². The van der Waals surface area contributed by atoms with Gasteiger partial charge >= 0.3 is 5.97 Å². The molecule has 0 saturated carbocycles. The summed E-state index contributed by atoms with van der Waals surface area (Å²) in [6.07, 6.45) is 1.60. The molecule has 2 aromatic heterocycles. The lowest BCUT2D eigenvalue weighted by Gasteiger charge is -2.22. The number of aryl methyl sites for hydroxylation is 1. The fourth-order valence-corrected chi connectivity index (χ4v) is 2.74. The van der Waals surface area contributed by atoms with Crippen molar-refractivity contribution in [2.45, 2.75) is 26.4 Å². The minimum absolute atomic E-state index is 0.375. The van der Waals surface area contributed by atoms with Crippen LogP contribution in [0.4, 0.5) is 0 Å². The van der Waals surface area contributed by atoms with Gasteiger partial charge in [0.05, 0.1) is 22.8 Å². The maximum absolute atomic E-state index is 13.0. The number of hydrogen-bond donors (Lipinski definition) is 1. The molecular weight excluding hydrogens is 332 g/mol. The highest BCUT2D eigenvalue weighted by Gasteiger charge is 2.26. The third-order valence-corrected chi connectivity index (χ3v) is 4.47. The molecule has 134 valence electrons. The summed E-state index contributed by atoms with van der Waals surface area (Å²) in [5, 5.41) is 14.1. The number of hydrogen-bond acceptors (Lipinski definition) is 4. The van der Waals surface area contributed by atoms with Crippen LogP contribution in [-0.2, 0) is 11.3 Å². The molecule has 0 bridgehead atoms. The summed E-state index contributed by atoms with van der Waals surface area (Å²) in [6.45, 7) is 4.04. The number of carbonyl (C=O) groups excluding carboxylic acids is 1. The Bertz CT molecular complexity index is 966. The van der Waals surface area contributed by atoms with Crippen LogP contribution in [0.5, 0.6) is 0 Å². The molecule has 26 heavy (non-hydrogen) atoms. The lowest BCUT2D eigenvalue weighted by molar-refractivity contribution is -0.141. The van der Waals surface area contributed by atoms with Gasteiger partial charge in [-0.05, 0) is 19.9 Å². The van der Waals surface area contributed by atoms with E-state index in [0.717, 1.165) is 5.56 Å². The molecule has 0 fully saturated rings. The lowest BCUT2D eigenvalue weighted by Crippen LogP contribution is -2.40. The maximum atomic E-state index is 13.0. The highest BCUT2D eigenvalue weighted by molar-refractivity contribution is 6.07. The van der Waals surface area contributed by atoms with Gasteiger partial charge in [0.1, 0.15) is 6.04 Å². The normalized spacial score (nSPS) is 12.1. The molecule has 1 N–H and O–H groups in total. The Labute approximate surface area is 150 Å². The minimum atomic E-state index is -1.06. The first-order chi connectivity index (χ1) is 12.4. The molecule has 2 heterocycles. The van der Waals surface area contributed by atoms with Crippen LogP contribution in [0.15, 0.2) is 42.6 Å². The van der Waals surface area contributed by atoms with E-state index >= 15 is 0 Å². The molecule has 1 atom stereocenters. The summed E-state index contributed by atoms with van der Waals surface area (Å²) in [5.74, 6) is -1.43. The number of aliphatic carboxylic acids is 1. The van der Waals surface area contributed by atoms with E-state index in [2.05, 4.69) is 10.1 Å². The zero-order chi connectivity index (χ0) is 18.8. The Kier molecular flexibility index (Phi) is 4.71. The molecule has 0 saturated heterocycles. The second-order valence-electron chi connectivity index (χ2n) is 6.05. The van der Waals surface area contributed by atoms with Crippen LogP contribution in [0.2, 0.25) is 0 Å². The summed E-state index contributed by atoms with van der Waals surface area (Å²) in [7, 11) is 1.49. The number of amides is 1. The number of pyridine rings is 1. The van der Waals surface area contributed by atoms with Crippen molar-refractivity contribution in [3.63, 3.8) is 0 Å². The van der Waals surface area contributed by atoms with Gasteiger partial charge in [0, 0.05) is 19.2 Å². The number of rotatable bonds is 5. The zero-order valence-corrected chi connectivity index (χ0v) is 14.9. The average Bonchev–Trinajstić information content (AvgIpc) is 3.09. The highest BCUT2D eigenvalue weighted by atomic mass is 16.4. The Hall–Kier alpha value is -3.22. The highest BCUT2D eigenvalue weighted by Crippen LogP contribution is 2.26. The molecule has 7 heteroatoms. The van der Waals surface area contributed by atoms with E-state index in [0.29, 0.717) is 28.8 Å². The molecule has 0 aliphatic carbocycles. The number of nitrogens with zero attached hydrogens (tertiary/aromatic N) is 4. The molecular formula is C19H20N4O3. The van der Waals surface area contributed by atoms with Crippen molar-refractivity contribution < 1.29 is 14.7 Å². The van der Waals surface area contributed by atoms with Gasteiger partial charge < -0.3 is 10.0 Å². The predicted molar refractivity (Wildman–Crippen MR) is 97.8 cm³/mol. The summed E-state index contributed by atoms with van der Waals surface area (Å²) in [5.41, 5.74) is 2.52. The van der Waals surface area contributed by atoms with Gasteiger partial charge in [-0.3, -0.25) is 4.79 Å². The molecule has 1 amide bonds. The standard InChI is InChI=1S/C19H20N4O3/c1-4-23-17-15(11-20-23)14(18(24)22(3)12(2)19(25)26)10-16(21-17)13-8-6-5-7-9-13/h5-12H,4H2,1-3H3,(H,25,26). The largest absolute Gasteiger partial charge is 0.480 e. The second-order valence-corrected chi connectivity index (χ2v) is 6.05. The van der Waals surface area contributed by atoms with E-state index in [1.165, 1.54) is 18.9 Å². The SMILES string of the molecule is CCn1ncc2c(C(=O)N(C)C(C)C(=O)O)cc(-c3ccccc3)nc21. The van der Waals surface area contributed by atoms with Crippen LogP contribution in [-0.4, -0.2) is 49.7 Å². The topological polar surface area (TPSA) is 88.3 Å². The van der Waals surface area contributed by atoms with Crippen LogP contribution in [0.3, 0.4) is 0 Å². The molecule has 3 aromatic rings. The molecule has 0 spiro atoms. The fraction of sp³-hybridized carbons (Fsp3) is 0.263. The minimum Gasteiger partial charge on any atom is -0.480 e. The van der Waals surface area contributed by atoms with Gasteiger partial charge in [-0.15, -0.1) is 0 Å². The van der Waals surface area contributed by atoms with Gasteiger partial charge in [0.25, 0.3) is 5.91 Å². The van der Waals surface area contributed by atoms with E-state index < -0.39 is 12.0 Å². The Morgan fingerprint density at radius 2 is 1.96 bits per heavy atom. The van der Waals surface area contributed by atoms with Crippen molar-refractivity contribution in [1.82, 2.24) is 19.7 Å². The summed E-state index contributed by atoms with van der Waals surface area (Å²) < 4.78 is 1.72. The number of benzene rings is 1. The van der Waals surface area contributed by atoms with E-state index in [4.69, 9.17) is 0 Å². The summed E-state index contributed by atoms with van der Waals surface area (Å²) >= 11 is 0. The van der Waals surface area contributed by atoms with Crippen LogP contribution >= 0.6 is 0 Å². The average molecular weight is 352 g/mol. The van der Waals surface area contributed by atoms with Crippen molar-refractivity contribution in [2.24, 2.45) is 0 Å². The number of carboxylic acid groups (broad SMARTS) is 1. The molecule has 0 aliphatic rings. The molecule has 7 nitrogen and oxygen atoms in total. The number of likely N-dealkylation sites (N-methyl/N-ethyl adjacent to an activating group) is 1. The van der Waals surface area contributed by atoms with Crippen molar-refractivity contribution in [2.75, 3.05) is 7.05 Å². The Morgan fingerprint density at radius 1 is 1.27 bits per heavy atom. The van der Waals surface area contributed by atoms with Gasteiger partial charge in [-0.2, -0.15) is 5.10 Å². The van der Waals surface area contributed by atoms with E-state index in [-0.39, 0.29) is 5.91 Å². The molecule has 0 aliphatic heterocycles. The molecule has 3 rings (SSSR count). The van der Waals surface area contributed by atoms with Gasteiger partial charge in [0.2, 0.25) is 0 Å². The van der Waals surface area contributed by atoms with E-state index in [1.54, 1.807) is 16.9 Å². The van der Waals surface area contributed by atoms with Gasteiger partial charge in [-0.25, -0.2) is 14.5 Å². The number of fused-ring (bicyclic) bond motifs is 1. The van der Waals surface area contributed by atoms with Crippen molar-refractivity contribution >= 4 is 22.9 Å². The van der Waals surface area contributed by atoms with Crippen LogP contribution in [0.1, 0.15) is 24.2 Å². The van der Waals surface area contributed by atoms with Crippen molar-refractivity contribution in [1.29, 1.82) is 0 Å². The number of carboxylic acids is 1. The second kappa shape index (κ2) is 6.95. The van der Waals surface area contributed by atoms with E-state index in [1.807, 2.05) is 37.3 Å². The Balaban J connectivity index is 2.19. The number of carbonyl (C=O) groups is 2. The van der Waals surface area contributed by atoms with Crippen molar-refractivity contribution in [3.8, 4) is 11.3 Å². The van der Waals surface area contributed by atoms with Gasteiger partial charge in [0.15, 0.2) is 5.65 Å². The van der Waals surface area contributed by atoms with Crippen LogP contribution < -0.4 is 0 Å². The molecule has 1 aromatic carbocycles. The third-order valence-electron chi connectivity index (χ3n) is 4.47. The first-order valence-corrected chi connectivity index (χ1v) is 8.36. The van der Waals surface area contributed by atoms with Crippen molar-refractivity contribution in [3.05, 3.63) is 48.2 Å². The fourth-order valence-electron chi connectivity index (χ4n) is 2.74. The monoisotopic (exact) mass is 352 g/mol. The maximum Gasteiger partial charge on any atom is 0.326 e. The zero-order valence-electron chi connectivity index (χ0n) is 14.9. The summed E-state index contributed by atoms with van der Waals surface area (Å²) in [6, 6.07) is 10.3.